The van der Waals surface area contributed by atoms with Crippen molar-refractivity contribution in [3.05, 3.63) is 58.5 Å². The molecule has 0 aliphatic rings. The number of amides is 2. The molecule has 130 valence electrons. The second-order valence-electron chi connectivity index (χ2n) is 5.34. The SMILES string of the molecule is Cc1ccc(/C=C/C(=O)O[C@H](C)C(=O)Nc2sccc2C(N)=O)cc1. The molecule has 2 aromatic rings. The maximum atomic E-state index is 12.1. The van der Waals surface area contributed by atoms with Gasteiger partial charge >= 0.3 is 5.97 Å². The van der Waals surface area contributed by atoms with E-state index < -0.39 is 23.9 Å². The van der Waals surface area contributed by atoms with Crippen LogP contribution in [-0.4, -0.2) is 23.9 Å². The Morgan fingerprint density at radius 2 is 1.88 bits per heavy atom. The van der Waals surface area contributed by atoms with Gasteiger partial charge in [0.05, 0.1) is 5.56 Å². The molecule has 0 spiro atoms. The first-order valence-corrected chi connectivity index (χ1v) is 8.38. The van der Waals surface area contributed by atoms with Crippen molar-refractivity contribution < 1.29 is 19.1 Å². The summed E-state index contributed by atoms with van der Waals surface area (Å²) in [5.74, 6) is -1.81. The molecule has 1 atom stereocenters. The van der Waals surface area contributed by atoms with E-state index in [1.165, 1.54) is 19.1 Å². The molecule has 0 saturated heterocycles. The minimum absolute atomic E-state index is 0.219. The lowest BCUT2D eigenvalue weighted by molar-refractivity contribution is -0.148. The fourth-order valence-electron chi connectivity index (χ4n) is 1.92. The van der Waals surface area contributed by atoms with Gasteiger partial charge < -0.3 is 15.8 Å². The summed E-state index contributed by atoms with van der Waals surface area (Å²) >= 11 is 1.16. The van der Waals surface area contributed by atoms with Crippen molar-refractivity contribution in [2.24, 2.45) is 5.73 Å². The molecule has 3 N–H and O–H groups in total. The summed E-state index contributed by atoms with van der Waals surface area (Å²) in [6.07, 6.45) is 1.85. The Morgan fingerprint density at radius 3 is 2.52 bits per heavy atom. The lowest BCUT2D eigenvalue weighted by atomic mass is 10.1. The molecule has 2 rings (SSSR count). The third-order valence-electron chi connectivity index (χ3n) is 3.32. The molecule has 1 aromatic carbocycles. The van der Waals surface area contributed by atoms with E-state index in [0.717, 1.165) is 22.5 Å². The molecule has 1 heterocycles. The van der Waals surface area contributed by atoms with Gasteiger partial charge in [0, 0.05) is 6.08 Å². The normalized spacial score (nSPS) is 11.9. The summed E-state index contributed by atoms with van der Waals surface area (Å²) in [4.78, 5) is 35.1. The molecule has 0 radical (unpaired) electrons. The summed E-state index contributed by atoms with van der Waals surface area (Å²) in [5, 5.41) is 4.50. The lowest BCUT2D eigenvalue weighted by Gasteiger charge is -2.12. The van der Waals surface area contributed by atoms with E-state index in [0.29, 0.717) is 5.00 Å². The van der Waals surface area contributed by atoms with Crippen LogP contribution in [0.2, 0.25) is 0 Å². The van der Waals surface area contributed by atoms with Crippen molar-refractivity contribution in [3.63, 3.8) is 0 Å². The number of hydrogen-bond acceptors (Lipinski definition) is 5. The summed E-state index contributed by atoms with van der Waals surface area (Å²) in [7, 11) is 0. The minimum Gasteiger partial charge on any atom is -0.449 e. The molecule has 0 unspecified atom stereocenters. The predicted molar refractivity (Wildman–Crippen MR) is 97.2 cm³/mol. The van der Waals surface area contributed by atoms with Crippen LogP contribution in [0.5, 0.6) is 0 Å². The molecule has 6 nitrogen and oxygen atoms in total. The van der Waals surface area contributed by atoms with Crippen LogP contribution in [0.1, 0.15) is 28.4 Å². The lowest BCUT2D eigenvalue weighted by Crippen LogP contribution is -2.29. The number of benzene rings is 1. The maximum Gasteiger partial charge on any atom is 0.331 e. The molecule has 1 aromatic heterocycles. The number of esters is 1. The van der Waals surface area contributed by atoms with Gasteiger partial charge in [-0.25, -0.2) is 4.79 Å². The molecular formula is C18H18N2O4S. The van der Waals surface area contributed by atoms with Crippen LogP contribution in [0.15, 0.2) is 41.8 Å². The number of ether oxygens (including phenoxy) is 1. The first kappa shape index (κ1) is 18.4. The summed E-state index contributed by atoms with van der Waals surface area (Å²) in [6.45, 7) is 3.42. The second-order valence-corrected chi connectivity index (χ2v) is 6.26. The highest BCUT2D eigenvalue weighted by atomic mass is 32.1. The Labute approximate surface area is 149 Å². The highest BCUT2D eigenvalue weighted by Crippen LogP contribution is 2.23. The largest absolute Gasteiger partial charge is 0.449 e. The summed E-state index contributed by atoms with van der Waals surface area (Å²) in [6, 6.07) is 9.12. The van der Waals surface area contributed by atoms with Crippen LogP contribution >= 0.6 is 11.3 Å². The van der Waals surface area contributed by atoms with Crippen molar-refractivity contribution in [3.8, 4) is 0 Å². The first-order valence-electron chi connectivity index (χ1n) is 7.50. The monoisotopic (exact) mass is 358 g/mol. The minimum atomic E-state index is -1.02. The van der Waals surface area contributed by atoms with Gasteiger partial charge in [0.15, 0.2) is 6.10 Å². The van der Waals surface area contributed by atoms with Crippen LogP contribution in [-0.2, 0) is 14.3 Å². The van der Waals surface area contributed by atoms with Gasteiger partial charge in [-0.05, 0) is 36.9 Å². The Morgan fingerprint density at radius 1 is 1.20 bits per heavy atom. The number of aryl methyl sites for hydroxylation is 1. The zero-order valence-electron chi connectivity index (χ0n) is 13.8. The maximum absolute atomic E-state index is 12.1. The average Bonchev–Trinajstić information content (AvgIpc) is 3.02. The van der Waals surface area contributed by atoms with Crippen molar-refractivity contribution >= 4 is 40.2 Å². The fraction of sp³-hybridized carbons (Fsp3) is 0.167. The van der Waals surface area contributed by atoms with E-state index in [1.54, 1.807) is 11.5 Å². The molecule has 0 saturated carbocycles. The number of rotatable bonds is 6. The van der Waals surface area contributed by atoms with Crippen molar-refractivity contribution in [1.29, 1.82) is 0 Å². The number of anilines is 1. The number of primary amides is 1. The summed E-state index contributed by atoms with van der Waals surface area (Å²) in [5.41, 5.74) is 7.41. The van der Waals surface area contributed by atoms with Gasteiger partial charge in [-0.15, -0.1) is 11.3 Å². The zero-order valence-corrected chi connectivity index (χ0v) is 14.6. The average molecular weight is 358 g/mol. The molecule has 0 aliphatic carbocycles. The molecule has 7 heteroatoms. The molecule has 0 bridgehead atoms. The Kier molecular flexibility index (Phi) is 6.08. The number of thiophene rings is 1. The number of carbonyl (C=O) groups is 3. The molecule has 2 amide bonds. The number of nitrogens with one attached hydrogen (secondary N) is 1. The third kappa shape index (κ3) is 5.29. The highest BCUT2D eigenvalue weighted by molar-refractivity contribution is 7.14. The number of carbonyl (C=O) groups excluding carboxylic acids is 3. The smallest absolute Gasteiger partial charge is 0.331 e. The Bertz CT molecular complexity index is 809. The van der Waals surface area contributed by atoms with Crippen LogP contribution in [0, 0.1) is 6.92 Å². The van der Waals surface area contributed by atoms with E-state index in [4.69, 9.17) is 10.5 Å². The second kappa shape index (κ2) is 8.25. The van der Waals surface area contributed by atoms with Crippen LogP contribution in [0.4, 0.5) is 5.00 Å². The Hall–Kier alpha value is -2.93. The quantitative estimate of drug-likeness (QED) is 0.613. The zero-order chi connectivity index (χ0) is 18.4. The van der Waals surface area contributed by atoms with Crippen LogP contribution in [0.3, 0.4) is 0 Å². The third-order valence-corrected chi connectivity index (χ3v) is 4.15. The van der Waals surface area contributed by atoms with Gasteiger partial charge in [-0.3, -0.25) is 9.59 Å². The number of nitrogens with two attached hydrogens (primary N) is 1. The van der Waals surface area contributed by atoms with Gasteiger partial charge in [-0.2, -0.15) is 0 Å². The van der Waals surface area contributed by atoms with E-state index in [-0.39, 0.29) is 5.56 Å². The van der Waals surface area contributed by atoms with Gasteiger partial charge in [0.1, 0.15) is 5.00 Å². The number of hydrogen-bond donors (Lipinski definition) is 2. The molecular weight excluding hydrogens is 340 g/mol. The predicted octanol–water partition coefficient (Wildman–Crippen LogP) is 2.74. The highest BCUT2D eigenvalue weighted by Gasteiger charge is 2.19. The first-order chi connectivity index (χ1) is 11.9. The van der Waals surface area contributed by atoms with Crippen molar-refractivity contribution in [2.75, 3.05) is 5.32 Å². The van der Waals surface area contributed by atoms with Gasteiger partial charge in [-0.1, -0.05) is 29.8 Å². The Balaban J connectivity index is 1.91. The summed E-state index contributed by atoms with van der Waals surface area (Å²) < 4.78 is 5.06. The standard InChI is InChI=1S/C18H18N2O4S/c1-11-3-5-13(6-4-11)7-8-15(21)24-12(2)17(23)20-18-14(16(19)22)9-10-25-18/h3-10,12H,1-2H3,(H2,19,22)(H,20,23)/b8-7+/t12-/m1/s1. The molecule has 0 fully saturated rings. The topological polar surface area (TPSA) is 98.5 Å². The van der Waals surface area contributed by atoms with Crippen LogP contribution < -0.4 is 11.1 Å². The van der Waals surface area contributed by atoms with Crippen molar-refractivity contribution in [2.45, 2.75) is 20.0 Å². The fourth-order valence-corrected chi connectivity index (χ4v) is 2.72. The van der Waals surface area contributed by atoms with Crippen LogP contribution in [0.25, 0.3) is 6.08 Å². The van der Waals surface area contributed by atoms with Gasteiger partial charge in [0.2, 0.25) is 0 Å². The molecule has 25 heavy (non-hydrogen) atoms. The van der Waals surface area contributed by atoms with Gasteiger partial charge in [0.25, 0.3) is 11.8 Å². The van der Waals surface area contributed by atoms with E-state index in [9.17, 15) is 14.4 Å². The van der Waals surface area contributed by atoms with Crippen molar-refractivity contribution in [1.82, 2.24) is 0 Å². The van der Waals surface area contributed by atoms with E-state index in [2.05, 4.69) is 5.32 Å². The molecule has 0 aliphatic heterocycles. The van der Waals surface area contributed by atoms with E-state index in [1.807, 2.05) is 31.2 Å². The van der Waals surface area contributed by atoms with E-state index >= 15 is 0 Å².